The summed E-state index contributed by atoms with van der Waals surface area (Å²) >= 11 is 0. The van der Waals surface area contributed by atoms with Crippen molar-refractivity contribution in [3.05, 3.63) is 35.4 Å². The van der Waals surface area contributed by atoms with E-state index >= 15 is 0 Å². The molecule has 2 nitrogen and oxygen atoms in total. The molecule has 4 heteroatoms. The number of halogens is 2. The second kappa shape index (κ2) is 6.20. The second-order valence-corrected chi connectivity index (χ2v) is 3.42. The Balaban J connectivity index is 2.73. The molecule has 16 heavy (non-hydrogen) atoms. The van der Waals surface area contributed by atoms with E-state index in [4.69, 9.17) is 4.84 Å². The van der Waals surface area contributed by atoms with Gasteiger partial charge < -0.3 is 4.84 Å². The molecular weight excluding hydrogens is 212 g/mol. The van der Waals surface area contributed by atoms with E-state index in [1.165, 1.54) is 12.1 Å². The first-order valence-corrected chi connectivity index (χ1v) is 5.14. The lowest BCUT2D eigenvalue weighted by atomic mass is 10.1. The Hall–Kier alpha value is -1.45. The van der Waals surface area contributed by atoms with Crippen molar-refractivity contribution in [1.82, 2.24) is 0 Å². The quantitative estimate of drug-likeness (QED) is 0.554. The summed E-state index contributed by atoms with van der Waals surface area (Å²) in [4.78, 5) is 5.00. The topological polar surface area (TPSA) is 21.6 Å². The summed E-state index contributed by atoms with van der Waals surface area (Å²) in [5, 5.41) is 3.57. The van der Waals surface area contributed by atoms with Crippen molar-refractivity contribution in [2.45, 2.75) is 32.8 Å². The lowest BCUT2D eigenvalue weighted by Gasteiger charge is -2.05. The van der Waals surface area contributed by atoms with Crippen LogP contribution in [0, 0.1) is 0 Å². The highest BCUT2D eigenvalue weighted by atomic mass is 19.3. The smallest absolute Gasteiger partial charge is 0.264 e. The van der Waals surface area contributed by atoms with Gasteiger partial charge >= 0.3 is 0 Å². The summed E-state index contributed by atoms with van der Waals surface area (Å²) in [6.07, 6.45) is 0.728. The minimum Gasteiger partial charge on any atom is -0.392 e. The van der Waals surface area contributed by atoms with E-state index in [9.17, 15) is 8.78 Å². The summed E-state index contributed by atoms with van der Waals surface area (Å²) in [7, 11) is 0. The van der Waals surface area contributed by atoms with E-state index in [2.05, 4.69) is 11.4 Å². The van der Waals surface area contributed by atoms with Gasteiger partial charge in [0.05, 0.1) is 0 Å². The molecule has 0 N–H and O–H groups in total. The average Bonchev–Trinajstić information content (AvgIpc) is 2.29. The van der Waals surface area contributed by atoms with E-state index < -0.39 is 6.43 Å². The molecule has 0 saturated carbocycles. The van der Waals surface area contributed by atoms with Gasteiger partial charge in [-0.25, -0.2) is 8.78 Å². The zero-order valence-electron chi connectivity index (χ0n) is 9.28. The van der Waals surface area contributed by atoms with Gasteiger partial charge in [-0.1, -0.05) is 36.3 Å². The van der Waals surface area contributed by atoms with Gasteiger partial charge in [-0.15, -0.1) is 0 Å². The Morgan fingerprint density at radius 2 is 2.06 bits per heavy atom. The van der Waals surface area contributed by atoms with Gasteiger partial charge in [0.15, 0.2) is 0 Å². The first kappa shape index (κ1) is 12.6. The van der Waals surface area contributed by atoms with Crippen molar-refractivity contribution < 1.29 is 13.6 Å². The third-order valence-corrected chi connectivity index (χ3v) is 2.17. The van der Waals surface area contributed by atoms with Gasteiger partial charge in [-0.3, -0.25) is 0 Å². The van der Waals surface area contributed by atoms with Crippen LogP contribution in [-0.2, 0) is 4.84 Å². The largest absolute Gasteiger partial charge is 0.392 e. The molecule has 87 valence electrons. The highest BCUT2D eigenvalue weighted by Gasteiger charge is 2.10. The monoisotopic (exact) mass is 226 g/mol. The number of hydrogen-bond donors (Lipinski definition) is 0. The van der Waals surface area contributed by atoms with Crippen molar-refractivity contribution in [2.75, 3.05) is 0 Å². The van der Waals surface area contributed by atoms with E-state index in [-0.39, 0.29) is 17.2 Å². The molecule has 0 saturated heterocycles. The van der Waals surface area contributed by atoms with Crippen LogP contribution in [0.2, 0.25) is 0 Å². The Morgan fingerprint density at radius 1 is 1.38 bits per heavy atom. The first-order chi connectivity index (χ1) is 7.65. The summed E-state index contributed by atoms with van der Waals surface area (Å²) in [5.41, 5.74) is 0.180. The normalized spacial score (nSPS) is 13.3. The molecule has 1 unspecified atom stereocenters. The molecule has 1 aromatic rings. The maximum Gasteiger partial charge on any atom is 0.264 e. The van der Waals surface area contributed by atoms with Crippen molar-refractivity contribution in [1.29, 1.82) is 0 Å². The lowest BCUT2D eigenvalue weighted by molar-refractivity contribution is 0.0712. The maximum absolute atomic E-state index is 12.6. The molecule has 1 rings (SSSR count). The Bertz CT molecular complexity index is 353. The average molecular weight is 226 g/mol. The van der Waals surface area contributed by atoms with Crippen LogP contribution in [0.1, 0.15) is 37.8 Å². The van der Waals surface area contributed by atoms with Crippen LogP contribution < -0.4 is 0 Å². The van der Waals surface area contributed by atoms with E-state index in [0.29, 0.717) is 0 Å². The molecule has 0 amide bonds. The lowest BCUT2D eigenvalue weighted by Crippen LogP contribution is -2.01. The summed E-state index contributed by atoms with van der Waals surface area (Å²) in [6.45, 7) is 3.80. The van der Waals surface area contributed by atoms with Gasteiger partial charge in [0.2, 0.25) is 0 Å². The van der Waals surface area contributed by atoms with Crippen LogP contribution in [0.15, 0.2) is 29.4 Å². The summed E-state index contributed by atoms with van der Waals surface area (Å²) in [6, 6.07) is 6.10. The molecule has 0 fully saturated rings. The zero-order valence-corrected chi connectivity index (χ0v) is 9.28. The standard InChI is InChI=1S/C12H14F2NO/c1-3-9(2)16-15-8-10-6-4-5-7-11(10)12(13)14/h4-7,9,12H,3H2,1-2H3. The molecule has 0 aliphatic carbocycles. The SMILES string of the molecule is CCC(C)O/N=[C]/c1ccccc1C(F)F. The van der Waals surface area contributed by atoms with Crippen LogP contribution in [-0.4, -0.2) is 12.3 Å². The molecule has 1 aromatic carbocycles. The second-order valence-electron chi connectivity index (χ2n) is 3.42. The Labute approximate surface area is 93.9 Å². The number of nitrogens with zero attached hydrogens (tertiary/aromatic N) is 1. The molecule has 0 aliphatic heterocycles. The molecule has 1 atom stereocenters. The third-order valence-electron chi connectivity index (χ3n) is 2.17. The van der Waals surface area contributed by atoms with Gasteiger partial charge in [-0.2, -0.15) is 0 Å². The van der Waals surface area contributed by atoms with E-state index in [1.807, 2.05) is 13.8 Å². The van der Waals surface area contributed by atoms with Crippen LogP contribution in [0.3, 0.4) is 0 Å². The number of rotatable bonds is 5. The minimum absolute atomic E-state index is 0.0359. The van der Waals surface area contributed by atoms with Crippen LogP contribution >= 0.6 is 0 Å². The van der Waals surface area contributed by atoms with Crippen LogP contribution in [0.5, 0.6) is 0 Å². The van der Waals surface area contributed by atoms with Gasteiger partial charge in [0, 0.05) is 11.1 Å². The van der Waals surface area contributed by atoms with Gasteiger partial charge in [0.1, 0.15) is 12.3 Å². The highest BCUT2D eigenvalue weighted by Crippen LogP contribution is 2.21. The predicted octanol–water partition coefficient (Wildman–Crippen LogP) is 3.65. The van der Waals surface area contributed by atoms with E-state index in [1.54, 1.807) is 12.1 Å². The third kappa shape index (κ3) is 3.61. The number of alkyl halides is 2. The molecular formula is C12H14F2NO. The van der Waals surface area contributed by atoms with Crippen molar-refractivity contribution in [3.8, 4) is 0 Å². The first-order valence-electron chi connectivity index (χ1n) is 5.14. The Kier molecular flexibility index (Phi) is 4.89. The van der Waals surface area contributed by atoms with Crippen LogP contribution in [0.4, 0.5) is 8.78 Å². The minimum atomic E-state index is -2.53. The molecule has 0 heterocycles. The van der Waals surface area contributed by atoms with Crippen molar-refractivity contribution in [3.63, 3.8) is 0 Å². The van der Waals surface area contributed by atoms with Gasteiger partial charge in [-0.05, 0) is 13.3 Å². The van der Waals surface area contributed by atoms with Crippen LogP contribution in [0.25, 0.3) is 0 Å². The Morgan fingerprint density at radius 3 is 2.69 bits per heavy atom. The molecule has 1 radical (unpaired) electrons. The molecule has 0 aromatic heterocycles. The highest BCUT2D eigenvalue weighted by molar-refractivity contribution is 5.81. The molecule has 0 bridgehead atoms. The van der Waals surface area contributed by atoms with E-state index in [0.717, 1.165) is 6.42 Å². The summed E-state index contributed by atoms with van der Waals surface area (Å²) < 4.78 is 25.1. The number of hydrogen-bond acceptors (Lipinski definition) is 2. The summed E-state index contributed by atoms with van der Waals surface area (Å²) in [5.74, 6) is 0. The fourth-order valence-electron chi connectivity index (χ4n) is 1.03. The zero-order chi connectivity index (χ0) is 12.0. The van der Waals surface area contributed by atoms with Gasteiger partial charge in [0.25, 0.3) is 6.43 Å². The number of benzene rings is 1. The maximum atomic E-state index is 12.6. The predicted molar refractivity (Wildman–Crippen MR) is 58.8 cm³/mol. The van der Waals surface area contributed by atoms with Crippen molar-refractivity contribution in [2.24, 2.45) is 5.16 Å². The molecule has 0 spiro atoms. The molecule has 0 aliphatic rings. The fourth-order valence-corrected chi connectivity index (χ4v) is 1.03. The van der Waals surface area contributed by atoms with Crippen molar-refractivity contribution >= 4 is 6.21 Å². The fraction of sp³-hybridized carbons (Fsp3) is 0.417.